The Labute approximate surface area is 134 Å². The van der Waals surface area contributed by atoms with Gasteiger partial charge in [-0.3, -0.25) is 0 Å². The number of rotatable bonds is 2. The Bertz CT molecular complexity index is 570. The van der Waals surface area contributed by atoms with Gasteiger partial charge in [-0.2, -0.15) is 0 Å². The molecule has 2 aliphatic carbocycles. The van der Waals surface area contributed by atoms with Gasteiger partial charge in [0, 0.05) is 0 Å². The van der Waals surface area contributed by atoms with Gasteiger partial charge in [0.1, 0.15) is 0 Å². The molecule has 0 heterocycles. The standard InChI is InChI=1S/C22H28/c1-3-7-17(8-4-1)19-11-13-22-16-20(12-14-21(22)15-19)18-9-5-2-6-10-18/h11-18H,1-10H2. The van der Waals surface area contributed by atoms with E-state index in [0.717, 1.165) is 11.8 Å². The van der Waals surface area contributed by atoms with Crippen LogP contribution in [0.2, 0.25) is 0 Å². The molecule has 0 unspecified atom stereocenters. The van der Waals surface area contributed by atoms with Gasteiger partial charge in [-0.15, -0.1) is 0 Å². The molecule has 2 fully saturated rings. The zero-order chi connectivity index (χ0) is 14.8. The number of hydrogen-bond acceptors (Lipinski definition) is 0. The molecule has 0 spiro atoms. The molecule has 0 aliphatic heterocycles. The van der Waals surface area contributed by atoms with Crippen LogP contribution < -0.4 is 0 Å². The fourth-order valence-corrected chi connectivity index (χ4v) is 4.66. The monoisotopic (exact) mass is 292 g/mol. The SMILES string of the molecule is c1cc2cc(C3CCCCC3)ccc2cc1C1CCCCC1. The van der Waals surface area contributed by atoms with Gasteiger partial charge in [-0.1, -0.05) is 74.9 Å². The van der Waals surface area contributed by atoms with E-state index in [1.54, 1.807) is 11.1 Å². The van der Waals surface area contributed by atoms with E-state index in [9.17, 15) is 0 Å². The Hall–Kier alpha value is -1.30. The number of fused-ring (bicyclic) bond motifs is 1. The summed E-state index contributed by atoms with van der Waals surface area (Å²) < 4.78 is 0. The Morgan fingerprint density at radius 2 is 0.909 bits per heavy atom. The van der Waals surface area contributed by atoms with Gasteiger partial charge in [0.25, 0.3) is 0 Å². The van der Waals surface area contributed by atoms with Crippen LogP contribution in [0.5, 0.6) is 0 Å². The van der Waals surface area contributed by atoms with Crippen molar-refractivity contribution in [2.45, 2.75) is 76.0 Å². The largest absolute Gasteiger partial charge is 0.0581 e. The summed E-state index contributed by atoms with van der Waals surface area (Å²) in [4.78, 5) is 0. The lowest BCUT2D eigenvalue weighted by atomic mass is 9.82. The normalized spacial score (nSPS) is 21.3. The van der Waals surface area contributed by atoms with Gasteiger partial charge in [-0.25, -0.2) is 0 Å². The number of benzene rings is 2. The molecule has 2 aromatic carbocycles. The second-order valence-corrected chi connectivity index (χ2v) is 7.54. The molecule has 0 heteroatoms. The highest BCUT2D eigenvalue weighted by Gasteiger charge is 2.17. The van der Waals surface area contributed by atoms with Crippen LogP contribution >= 0.6 is 0 Å². The zero-order valence-electron chi connectivity index (χ0n) is 13.7. The number of hydrogen-bond donors (Lipinski definition) is 0. The molecule has 2 saturated carbocycles. The molecule has 116 valence electrons. The van der Waals surface area contributed by atoms with Crippen molar-refractivity contribution in [1.29, 1.82) is 0 Å². The quantitative estimate of drug-likeness (QED) is 0.562. The highest BCUT2D eigenvalue weighted by molar-refractivity contribution is 5.84. The van der Waals surface area contributed by atoms with Crippen molar-refractivity contribution >= 4 is 10.8 Å². The molecule has 22 heavy (non-hydrogen) atoms. The van der Waals surface area contributed by atoms with Crippen LogP contribution in [-0.4, -0.2) is 0 Å². The van der Waals surface area contributed by atoms with Crippen LogP contribution in [-0.2, 0) is 0 Å². The Morgan fingerprint density at radius 3 is 1.32 bits per heavy atom. The minimum absolute atomic E-state index is 0.816. The zero-order valence-corrected chi connectivity index (χ0v) is 13.7. The smallest absolute Gasteiger partial charge is 0.0162 e. The third kappa shape index (κ3) is 2.93. The van der Waals surface area contributed by atoms with Crippen molar-refractivity contribution in [2.24, 2.45) is 0 Å². The van der Waals surface area contributed by atoms with Crippen LogP contribution in [0.4, 0.5) is 0 Å². The molecule has 2 aromatic rings. The lowest BCUT2D eigenvalue weighted by Crippen LogP contribution is -2.05. The highest BCUT2D eigenvalue weighted by atomic mass is 14.2. The predicted molar refractivity (Wildman–Crippen MR) is 95.6 cm³/mol. The van der Waals surface area contributed by atoms with Crippen LogP contribution in [0.15, 0.2) is 36.4 Å². The topological polar surface area (TPSA) is 0 Å². The second kappa shape index (κ2) is 6.44. The van der Waals surface area contributed by atoms with E-state index in [1.165, 1.54) is 75.0 Å². The van der Waals surface area contributed by atoms with Gasteiger partial charge < -0.3 is 0 Å². The summed E-state index contributed by atoms with van der Waals surface area (Å²) >= 11 is 0. The van der Waals surface area contributed by atoms with Gasteiger partial charge >= 0.3 is 0 Å². The van der Waals surface area contributed by atoms with Crippen LogP contribution in [0.1, 0.15) is 87.2 Å². The lowest BCUT2D eigenvalue weighted by molar-refractivity contribution is 0.443. The van der Waals surface area contributed by atoms with Crippen molar-refractivity contribution in [3.05, 3.63) is 47.5 Å². The first-order chi connectivity index (χ1) is 10.9. The first-order valence-corrected chi connectivity index (χ1v) is 9.44. The molecule has 4 rings (SSSR count). The third-order valence-corrected chi connectivity index (χ3v) is 6.04. The third-order valence-electron chi connectivity index (χ3n) is 6.04. The van der Waals surface area contributed by atoms with E-state index in [2.05, 4.69) is 36.4 Å². The average molecular weight is 292 g/mol. The summed E-state index contributed by atoms with van der Waals surface area (Å²) in [6.45, 7) is 0. The highest BCUT2D eigenvalue weighted by Crippen LogP contribution is 2.36. The maximum absolute atomic E-state index is 2.47. The predicted octanol–water partition coefficient (Wildman–Crippen LogP) is 6.94. The fraction of sp³-hybridized carbons (Fsp3) is 0.545. The summed E-state index contributed by atoms with van der Waals surface area (Å²) in [6, 6.07) is 14.5. The van der Waals surface area contributed by atoms with Gasteiger partial charge in [0.2, 0.25) is 0 Å². The summed E-state index contributed by atoms with van der Waals surface area (Å²) in [7, 11) is 0. The molecule has 2 aliphatic rings. The maximum Gasteiger partial charge on any atom is -0.0162 e. The minimum atomic E-state index is 0.816. The van der Waals surface area contributed by atoms with Gasteiger partial charge in [0.05, 0.1) is 0 Å². The molecule has 0 radical (unpaired) electrons. The average Bonchev–Trinajstić information content (AvgIpc) is 2.62. The molecular formula is C22H28. The first kappa shape index (κ1) is 14.3. The van der Waals surface area contributed by atoms with E-state index in [-0.39, 0.29) is 0 Å². The van der Waals surface area contributed by atoms with Crippen LogP contribution in [0, 0.1) is 0 Å². The molecule has 0 bridgehead atoms. The minimum Gasteiger partial charge on any atom is -0.0581 e. The van der Waals surface area contributed by atoms with Crippen molar-refractivity contribution in [3.63, 3.8) is 0 Å². The van der Waals surface area contributed by atoms with Crippen LogP contribution in [0.3, 0.4) is 0 Å². The van der Waals surface area contributed by atoms with E-state index in [4.69, 9.17) is 0 Å². The van der Waals surface area contributed by atoms with Crippen molar-refractivity contribution in [3.8, 4) is 0 Å². The van der Waals surface area contributed by atoms with Crippen molar-refractivity contribution in [1.82, 2.24) is 0 Å². The Kier molecular flexibility index (Phi) is 4.19. The van der Waals surface area contributed by atoms with Gasteiger partial charge in [-0.05, 0) is 59.4 Å². The summed E-state index contributed by atoms with van der Waals surface area (Å²) in [5, 5.41) is 2.89. The summed E-state index contributed by atoms with van der Waals surface area (Å²) in [6.07, 6.45) is 14.1. The first-order valence-electron chi connectivity index (χ1n) is 9.44. The molecular weight excluding hydrogens is 264 g/mol. The van der Waals surface area contributed by atoms with E-state index in [0.29, 0.717) is 0 Å². The van der Waals surface area contributed by atoms with E-state index < -0.39 is 0 Å². The Balaban J connectivity index is 1.61. The second-order valence-electron chi connectivity index (χ2n) is 7.54. The maximum atomic E-state index is 2.47. The molecule has 0 saturated heterocycles. The fourth-order valence-electron chi connectivity index (χ4n) is 4.66. The summed E-state index contributed by atoms with van der Waals surface area (Å²) in [5.41, 5.74) is 3.16. The van der Waals surface area contributed by atoms with Crippen molar-refractivity contribution < 1.29 is 0 Å². The molecule has 0 amide bonds. The molecule has 0 nitrogen and oxygen atoms in total. The Morgan fingerprint density at radius 1 is 0.500 bits per heavy atom. The van der Waals surface area contributed by atoms with E-state index >= 15 is 0 Å². The molecule has 0 N–H and O–H groups in total. The van der Waals surface area contributed by atoms with E-state index in [1.807, 2.05) is 0 Å². The van der Waals surface area contributed by atoms with Gasteiger partial charge in [0.15, 0.2) is 0 Å². The molecule has 0 aromatic heterocycles. The molecule has 0 atom stereocenters. The van der Waals surface area contributed by atoms with Crippen LogP contribution in [0.25, 0.3) is 10.8 Å². The van der Waals surface area contributed by atoms with Crippen molar-refractivity contribution in [2.75, 3.05) is 0 Å². The lowest BCUT2D eigenvalue weighted by Gasteiger charge is -2.23. The summed E-state index contributed by atoms with van der Waals surface area (Å²) in [5.74, 6) is 1.63.